The number of benzene rings is 1. The normalized spacial score (nSPS) is 27.0. The van der Waals surface area contributed by atoms with Crippen LogP contribution in [0.15, 0.2) is 47.6 Å². The molecule has 0 saturated carbocycles. The van der Waals surface area contributed by atoms with Gasteiger partial charge < -0.3 is 19.7 Å². The van der Waals surface area contributed by atoms with E-state index < -0.39 is 0 Å². The fourth-order valence-corrected chi connectivity index (χ4v) is 4.89. The molecule has 1 aromatic carbocycles. The first-order valence-electron chi connectivity index (χ1n) is 10.2. The third-order valence-electron chi connectivity index (χ3n) is 6.23. The van der Waals surface area contributed by atoms with Crippen LogP contribution in [0.1, 0.15) is 18.5 Å². The first-order chi connectivity index (χ1) is 14.2. The average molecular weight is 524 g/mol. The third-order valence-corrected chi connectivity index (χ3v) is 6.23. The van der Waals surface area contributed by atoms with E-state index in [1.165, 1.54) is 25.0 Å². The topological polar surface area (TPSA) is 59.0 Å². The molecule has 8 heteroatoms. The Morgan fingerprint density at radius 2 is 1.87 bits per heavy atom. The highest BCUT2D eigenvalue weighted by molar-refractivity contribution is 14.0. The molecule has 1 N–H and O–H groups in total. The smallest absolute Gasteiger partial charge is 0.193 e. The van der Waals surface area contributed by atoms with Crippen molar-refractivity contribution in [1.29, 1.82) is 0 Å². The number of nitrogens with one attached hydrogen (secondary N) is 1. The summed E-state index contributed by atoms with van der Waals surface area (Å²) in [5, 5.41) is 3.43. The van der Waals surface area contributed by atoms with Crippen molar-refractivity contribution in [1.82, 2.24) is 15.2 Å². The van der Waals surface area contributed by atoms with E-state index in [0.717, 1.165) is 24.7 Å². The van der Waals surface area contributed by atoms with Gasteiger partial charge in [-0.1, -0.05) is 0 Å². The van der Waals surface area contributed by atoms with Gasteiger partial charge in [0.15, 0.2) is 5.96 Å². The number of rotatable bonds is 4. The lowest BCUT2D eigenvalue weighted by Gasteiger charge is -2.23. The second-order valence-corrected chi connectivity index (χ2v) is 7.96. The predicted molar refractivity (Wildman–Crippen MR) is 123 cm³/mol. The number of pyridine rings is 1. The Kier molecular flexibility index (Phi) is 6.43. The Morgan fingerprint density at radius 1 is 1.17 bits per heavy atom. The summed E-state index contributed by atoms with van der Waals surface area (Å²) in [4.78, 5) is 11.2. The van der Waals surface area contributed by atoms with Gasteiger partial charge in [0.25, 0.3) is 0 Å². The minimum atomic E-state index is -0.283. The third kappa shape index (κ3) is 4.25. The van der Waals surface area contributed by atoms with Crippen molar-refractivity contribution in [3.8, 4) is 11.5 Å². The number of hydrogen-bond donors (Lipinski definition) is 1. The SMILES string of the molecule is CN=C(NCc1cc(Oc2ccc(F)cc2)ccn1)N1CC2C3CCC(O3)C2C1.I. The van der Waals surface area contributed by atoms with E-state index in [1.54, 1.807) is 24.4 Å². The van der Waals surface area contributed by atoms with Gasteiger partial charge in [-0.3, -0.25) is 9.98 Å². The molecular weight excluding hydrogens is 498 g/mol. The van der Waals surface area contributed by atoms with Gasteiger partial charge in [0.1, 0.15) is 17.3 Å². The number of guanidine groups is 1. The van der Waals surface area contributed by atoms with E-state index in [-0.39, 0.29) is 29.8 Å². The molecule has 30 heavy (non-hydrogen) atoms. The fraction of sp³-hybridized carbons (Fsp3) is 0.455. The molecule has 4 unspecified atom stereocenters. The number of aliphatic imine (C=N–C) groups is 1. The van der Waals surface area contributed by atoms with Gasteiger partial charge >= 0.3 is 0 Å². The molecule has 0 radical (unpaired) electrons. The van der Waals surface area contributed by atoms with Gasteiger partial charge in [0.2, 0.25) is 0 Å². The van der Waals surface area contributed by atoms with Crippen LogP contribution >= 0.6 is 24.0 Å². The van der Waals surface area contributed by atoms with E-state index in [0.29, 0.717) is 42.1 Å². The molecule has 5 rings (SSSR count). The summed E-state index contributed by atoms with van der Waals surface area (Å²) in [6, 6.07) is 9.65. The Hall–Kier alpha value is -1.94. The molecule has 0 amide bonds. The summed E-state index contributed by atoms with van der Waals surface area (Å²) >= 11 is 0. The molecule has 2 aromatic rings. The molecule has 4 heterocycles. The maximum Gasteiger partial charge on any atom is 0.193 e. The molecule has 4 atom stereocenters. The lowest BCUT2D eigenvalue weighted by atomic mass is 9.82. The molecule has 3 aliphatic heterocycles. The zero-order valence-electron chi connectivity index (χ0n) is 16.8. The maximum absolute atomic E-state index is 13.1. The van der Waals surface area contributed by atoms with E-state index >= 15 is 0 Å². The molecule has 0 aliphatic carbocycles. The van der Waals surface area contributed by atoms with Crippen LogP contribution in [0, 0.1) is 17.7 Å². The molecular formula is C22H26FIN4O2. The largest absolute Gasteiger partial charge is 0.457 e. The van der Waals surface area contributed by atoms with Crippen LogP contribution in [-0.4, -0.2) is 48.2 Å². The number of hydrogen-bond acceptors (Lipinski definition) is 4. The fourth-order valence-electron chi connectivity index (χ4n) is 4.89. The van der Waals surface area contributed by atoms with Crippen molar-refractivity contribution >= 4 is 29.9 Å². The molecule has 1 aromatic heterocycles. The number of halogens is 2. The predicted octanol–water partition coefficient (Wildman–Crippen LogP) is 3.82. The lowest BCUT2D eigenvalue weighted by molar-refractivity contribution is 0.0767. The summed E-state index contributed by atoms with van der Waals surface area (Å²) in [5.74, 6) is 3.16. The van der Waals surface area contributed by atoms with Crippen molar-refractivity contribution < 1.29 is 13.9 Å². The van der Waals surface area contributed by atoms with Crippen LogP contribution in [-0.2, 0) is 11.3 Å². The molecule has 2 bridgehead atoms. The molecule has 6 nitrogen and oxygen atoms in total. The standard InChI is InChI=1S/C22H25FN4O2.HI/c1-24-22(27-12-18-19(13-27)21-7-6-20(18)29-21)26-11-15-10-17(8-9-25-15)28-16-4-2-14(23)3-5-16;/h2-5,8-10,18-21H,6-7,11-13H2,1H3,(H,24,26);1H. The van der Waals surface area contributed by atoms with Crippen molar-refractivity contribution in [3.63, 3.8) is 0 Å². The minimum Gasteiger partial charge on any atom is -0.457 e. The Balaban J connectivity index is 0.00000218. The molecule has 0 spiro atoms. The van der Waals surface area contributed by atoms with Crippen molar-refractivity contribution in [2.75, 3.05) is 20.1 Å². The highest BCUT2D eigenvalue weighted by Gasteiger charge is 2.53. The van der Waals surface area contributed by atoms with E-state index in [2.05, 4.69) is 20.2 Å². The average Bonchev–Trinajstić information content (AvgIpc) is 3.44. The summed E-state index contributed by atoms with van der Waals surface area (Å²) in [6.45, 7) is 2.57. The number of likely N-dealkylation sites (tertiary alicyclic amines) is 1. The van der Waals surface area contributed by atoms with Gasteiger partial charge in [-0.05, 0) is 43.2 Å². The maximum atomic E-state index is 13.1. The van der Waals surface area contributed by atoms with E-state index in [9.17, 15) is 4.39 Å². The summed E-state index contributed by atoms with van der Waals surface area (Å²) < 4.78 is 24.9. The van der Waals surface area contributed by atoms with E-state index in [1.807, 2.05) is 13.1 Å². The Labute approximate surface area is 192 Å². The van der Waals surface area contributed by atoms with Crippen LogP contribution in [0.25, 0.3) is 0 Å². The quantitative estimate of drug-likeness (QED) is 0.375. The van der Waals surface area contributed by atoms with E-state index in [4.69, 9.17) is 9.47 Å². The number of fused-ring (bicyclic) bond motifs is 5. The lowest BCUT2D eigenvalue weighted by Crippen LogP contribution is -2.41. The van der Waals surface area contributed by atoms with Crippen LogP contribution in [0.3, 0.4) is 0 Å². The van der Waals surface area contributed by atoms with Crippen molar-refractivity contribution in [2.45, 2.75) is 31.6 Å². The van der Waals surface area contributed by atoms with Gasteiger partial charge in [-0.2, -0.15) is 0 Å². The van der Waals surface area contributed by atoms with Gasteiger partial charge in [-0.25, -0.2) is 4.39 Å². The molecule has 3 fully saturated rings. The zero-order chi connectivity index (χ0) is 19.8. The highest BCUT2D eigenvalue weighted by atomic mass is 127. The molecule has 160 valence electrons. The summed E-state index contributed by atoms with van der Waals surface area (Å²) in [5.41, 5.74) is 0.855. The number of nitrogens with zero attached hydrogens (tertiary/aromatic N) is 3. The van der Waals surface area contributed by atoms with Crippen molar-refractivity contribution in [3.05, 3.63) is 54.1 Å². The Morgan fingerprint density at radius 3 is 2.53 bits per heavy atom. The van der Waals surface area contributed by atoms with Crippen LogP contribution in [0.2, 0.25) is 0 Å². The first-order valence-corrected chi connectivity index (χ1v) is 10.2. The summed E-state index contributed by atoms with van der Waals surface area (Å²) in [6.07, 6.45) is 5.01. The number of aromatic nitrogens is 1. The summed E-state index contributed by atoms with van der Waals surface area (Å²) in [7, 11) is 1.82. The highest BCUT2D eigenvalue weighted by Crippen LogP contribution is 2.47. The van der Waals surface area contributed by atoms with Gasteiger partial charge in [0, 0.05) is 44.2 Å². The monoisotopic (exact) mass is 524 g/mol. The molecule has 3 aliphatic rings. The van der Waals surface area contributed by atoms with Crippen LogP contribution < -0.4 is 10.1 Å². The van der Waals surface area contributed by atoms with Crippen LogP contribution in [0.4, 0.5) is 4.39 Å². The number of ether oxygens (including phenoxy) is 2. The Bertz CT molecular complexity index is 892. The van der Waals surface area contributed by atoms with Crippen molar-refractivity contribution in [2.24, 2.45) is 16.8 Å². The van der Waals surface area contributed by atoms with Gasteiger partial charge in [-0.15, -0.1) is 24.0 Å². The van der Waals surface area contributed by atoms with Crippen LogP contribution in [0.5, 0.6) is 11.5 Å². The second-order valence-electron chi connectivity index (χ2n) is 7.96. The second kappa shape index (κ2) is 9.05. The molecule has 3 saturated heterocycles. The minimum absolute atomic E-state index is 0. The zero-order valence-corrected chi connectivity index (χ0v) is 19.2. The van der Waals surface area contributed by atoms with Gasteiger partial charge in [0.05, 0.1) is 24.4 Å². The first kappa shape index (κ1) is 21.3.